The highest BCUT2D eigenvalue weighted by atomic mass is 16.4. The molecule has 1 aromatic carbocycles. The van der Waals surface area contributed by atoms with Gasteiger partial charge >= 0.3 is 0 Å². The van der Waals surface area contributed by atoms with Crippen molar-refractivity contribution in [3.8, 4) is 11.7 Å². The highest BCUT2D eigenvalue weighted by Gasteiger charge is 2.11. The summed E-state index contributed by atoms with van der Waals surface area (Å²) in [6, 6.07) is 11.5. The SMILES string of the molecule is Cc1oc(-c2ccco2)nc1C=Cc1ccc(C=CC=O)cc1. The van der Waals surface area contributed by atoms with Gasteiger partial charge in [-0.05, 0) is 42.3 Å². The smallest absolute Gasteiger partial charge is 0.263 e. The van der Waals surface area contributed by atoms with Crippen molar-refractivity contribution >= 4 is 24.5 Å². The van der Waals surface area contributed by atoms with Crippen molar-refractivity contribution < 1.29 is 13.6 Å². The number of carbonyl (C=O) groups is 1. The topological polar surface area (TPSA) is 56.2 Å². The first-order chi connectivity index (χ1) is 11.3. The Morgan fingerprint density at radius 1 is 1.00 bits per heavy atom. The van der Waals surface area contributed by atoms with Crippen LogP contribution in [-0.2, 0) is 4.79 Å². The molecular formula is C19H15NO3. The maximum absolute atomic E-state index is 10.3. The van der Waals surface area contributed by atoms with E-state index in [1.807, 2.05) is 49.4 Å². The molecule has 23 heavy (non-hydrogen) atoms. The van der Waals surface area contributed by atoms with E-state index in [1.165, 1.54) is 6.08 Å². The van der Waals surface area contributed by atoms with Crippen LogP contribution in [0.2, 0.25) is 0 Å². The summed E-state index contributed by atoms with van der Waals surface area (Å²) in [5.74, 6) is 1.82. The van der Waals surface area contributed by atoms with Crippen LogP contribution < -0.4 is 0 Å². The van der Waals surface area contributed by atoms with Crippen LogP contribution in [0.1, 0.15) is 22.6 Å². The fourth-order valence-electron chi connectivity index (χ4n) is 2.11. The quantitative estimate of drug-likeness (QED) is 0.509. The molecule has 2 heterocycles. The molecular weight excluding hydrogens is 290 g/mol. The lowest BCUT2D eigenvalue weighted by Crippen LogP contribution is -1.78. The van der Waals surface area contributed by atoms with E-state index in [0.29, 0.717) is 11.7 Å². The molecule has 2 aromatic heterocycles. The van der Waals surface area contributed by atoms with Crippen LogP contribution in [0.5, 0.6) is 0 Å². The van der Waals surface area contributed by atoms with Gasteiger partial charge in [-0.2, -0.15) is 0 Å². The number of benzene rings is 1. The van der Waals surface area contributed by atoms with Crippen LogP contribution in [-0.4, -0.2) is 11.3 Å². The van der Waals surface area contributed by atoms with E-state index in [2.05, 4.69) is 4.98 Å². The van der Waals surface area contributed by atoms with Crippen LogP contribution >= 0.6 is 0 Å². The Morgan fingerprint density at radius 3 is 2.39 bits per heavy atom. The van der Waals surface area contributed by atoms with Gasteiger partial charge < -0.3 is 8.83 Å². The number of allylic oxidation sites excluding steroid dienone is 1. The van der Waals surface area contributed by atoms with Gasteiger partial charge in [-0.1, -0.05) is 36.4 Å². The number of oxazole rings is 1. The standard InChI is InChI=1S/C19H15NO3/c1-14-17(20-19(23-14)18-5-3-13-22-18)11-10-16-8-6-15(7-9-16)4-2-12-21/h2-13H,1H3. The van der Waals surface area contributed by atoms with Gasteiger partial charge in [0.2, 0.25) is 0 Å². The largest absolute Gasteiger partial charge is 0.459 e. The Hall–Kier alpha value is -3.14. The molecule has 4 heteroatoms. The van der Waals surface area contributed by atoms with Crippen LogP contribution in [0.4, 0.5) is 0 Å². The molecule has 3 aromatic rings. The zero-order chi connectivity index (χ0) is 16.1. The number of aromatic nitrogens is 1. The zero-order valence-corrected chi connectivity index (χ0v) is 12.6. The number of aryl methyl sites for hydroxylation is 1. The first kappa shape index (κ1) is 14.8. The van der Waals surface area contributed by atoms with Gasteiger partial charge in [-0.3, -0.25) is 4.79 Å². The van der Waals surface area contributed by atoms with E-state index in [9.17, 15) is 4.79 Å². The number of hydrogen-bond donors (Lipinski definition) is 0. The van der Waals surface area contributed by atoms with Crippen molar-refractivity contribution in [3.05, 3.63) is 71.3 Å². The summed E-state index contributed by atoms with van der Waals surface area (Å²) < 4.78 is 10.9. The van der Waals surface area contributed by atoms with Crippen molar-refractivity contribution in [3.63, 3.8) is 0 Å². The van der Waals surface area contributed by atoms with E-state index in [0.717, 1.165) is 28.9 Å². The maximum Gasteiger partial charge on any atom is 0.263 e. The number of aldehydes is 1. The molecule has 0 atom stereocenters. The van der Waals surface area contributed by atoms with E-state index >= 15 is 0 Å². The van der Waals surface area contributed by atoms with Crippen LogP contribution in [0.3, 0.4) is 0 Å². The van der Waals surface area contributed by atoms with Gasteiger partial charge in [0.25, 0.3) is 5.89 Å². The Kier molecular flexibility index (Phi) is 4.34. The molecule has 0 spiro atoms. The molecule has 0 aliphatic heterocycles. The highest BCUT2D eigenvalue weighted by molar-refractivity contribution is 5.74. The van der Waals surface area contributed by atoms with Crippen LogP contribution in [0, 0.1) is 6.92 Å². The van der Waals surface area contributed by atoms with E-state index in [-0.39, 0.29) is 0 Å². The summed E-state index contributed by atoms with van der Waals surface area (Å²) in [6.07, 6.45) is 9.45. The van der Waals surface area contributed by atoms with Gasteiger partial charge in [-0.25, -0.2) is 4.98 Å². The Labute approximate surface area is 133 Å². The molecule has 0 radical (unpaired) electrons. The van der Waals surface area contributed by atoms with Crippen molar-refractivity contribution in [1.29, 1.82) is 0 Å². The molecule has 3 rings (SSSR count). The third kappa shape index (κ3) is 3.55. The van der Waals surface area contributed by atoms with Gasteiger partial charge in [-0.15, -0.1) is 0 Å². The Balaban J connectivity index is 1.77. The van der Waals surface area contributed by atoms with Crippen LogP contribution in [0.15, 0.2) is 57.6 Å². The van der Waals surface area contributed by atoms with Crippen molar-refractivity contribution in [2.75, 3.05) is 0 Å². The number of carbonyl (C=O) groups excluding carboxylic acids is 1. The normalized spacial score (nSPS) is 11.5. The number of furan rings is 1. The monoisotopic (exact) mass is 305 g/mol. The number of rotatable bonds is 5. The molecule has 0 aliphatic carbocycles. The van der Waals surface area contributed by atoms with E-state index in [4.69, 9.17) is 8.83 Å². The number of hydrogen-bond acceptors (Lipinski definition) is 4. The lowest BCUT2D eigenvalue weighted by Gasteiger charge is -1.95. The summed E-state index contributed by atoms with van der Waals surface area (Å²) in [5.41, 5.74) is 2.78. The molecule has 4 nitrogen and oxygen atoms in total. The molecule has 0 saturated heterocycles. The molecule has 0 bridgehead atoms. The van der Waals surface area contributed by atoms with Gasteiger partial charge in [0.15, 0.2) is 5.76 Å². The second kappa shape index (κ2) is 6.75. The number of nitrogens with zero attached hydrogens (tertiary/aromatic N) is 1. The fraction of sp³-hybridized carbons (Fsp3) is 0.0526. The second-order valence-electron chi connectivity index (χ2n) is 4.93. The summed E-state index contributed by atoms with van der Waals surface area (Å²) in [7, 11) is 0. The first-order valence-electron chi connectivity index (χ1n) is 7.17. The minimum absolute atomic E-state index is 0.474. The van der Waals surface area contributed by atoms with Crippen molar-refractivity contribution in [2.45, 2.75) is 6.92 Å². The molecule has 0 amide bonds. The average Bonchev–Trinajstić information content (AvgIpc) is 3.21. The molecule has 114 valence electrons. The molecule has 0 N–H and O–H groups in total. The maximum atomic E-state index is 10.3. The Morgan fingerprint density at radius 2 is 1.74 bits per heavy atom. The lowest BCUT2D eigenvalue weighted by atomic mass is 10.1. The summed E-state index contributed by atoms with van der Waals surface area (Å²) in [6.45, 7) is 1.87. The molecule has 0 fully saturated rings. The predicted octanol–water partition coefficient (Wildman–Crippen LogP) is 4.63. The van der Waals surface area contributed by atoms with E-state index in [1.54, 1.807) is 18.4 Å². The predicted molar refractivity (Wildman–Crippen MR) is 89.4 cm³/mol. The minimum atomic E-state index is 0.474. The van der Waals surface area contributed by atoms with Gasteiger partial charge in [0.1, 0.15) is 17.7 Å². The molecule has 0 aliphatic rings. The third-order valence-corrected chi connectivity index (χ3v) is 3.30. The third-order valence-electron chi connectivity index (χ3n) is 3.30. The highest BCUT2D eigenvalue weighted by Crippen LogP contribution is 2.23. The minimum Gasteiger partial charge on any atom is -0.459 e. The zero-order valence-electron chi connectivity index (χ0n) is 12.6. The molecule has 0 saturated carbocycles. The van der Waals surface area contributed by atoms with E-state index < -0.39 is 0 Å². The Bertz CT molecular complexity index is 837. The van der Waals surface area contributed by atoms with Crippen LogP contribution in [0.25, 0.3) is 29.9 Å². The fourth-order valence-corrected chi connectivity index (χ4v) is 2.11. The average molecular weight is 305 g/mol. The summed E-state index contributed by atoms with van der Waals surface area (Å²) in [4.78, 5) is 14.7. The van der Waals surface area contributed by atoms with Crippen molar-refractivity contribution in [2.24, 2.45) is 0 Å². The first-order valence-corrected chi connectivity index (χ1v) is 7.17. The lowest BCUT2D eigenvalue weighted by molar-refractivity contribution is -0.104. The summed E-state index contributed by atoms with van der Waals surface area (Å²) >= 11 is 0. The second-order valence-corrected chi connectivity index (χ2v) is 4.93. The van der Waals surface area contributed by atoms with Gasteiger partial charge in [0.05, 0.1) is 6.26 Å². The molecule has 0 unspecified atom stereocenters. The van der Waals surface area contributed by atoms with Crippen molar-refractivity contribution in [1.82, 2.24) is 4.98 Å². The summed E-state index contributed by atoms with van der Waals surface area (Å²) in [5, 5.41) is 0. The van der Waals surface area contributed by atoms with Gasteiger partial charge in [0, 0.05) is 0 Å².